The predicted octanol–water partition coefficient (Wildman–Crippen LogP) is 2.97. The molecule has 0 spiro atoms. The van der Waals surface area contributed by atoms with Crippen LogP contribution in [0.1, 0.15) is 56.2 Å². The van der Waals surface area contributed by atoms with E-state index < -0.39 is 0 Å². The van der Waals surface area contributed by atoms with Gasteiger partial charge in [0.1, 0.15) is 11.9 Å². The Morgan fingerprint density at radius 3 is 2.95 bits per heavy atom. The van der Waals surface area contributed by atoms with E-state index in [1.54, 1.807) is 0 Å². The van der Waals surface area contributed by atoms with Gasteiger partial charge in [-0.1, -0.05) is 19.1 Å². The highest BCUT2D eigenvalue weighted by Crippen LogP contribution is 2.38. The Morgan fingerprint density at radius 2 is 2.20 bits per heavy atom. The molecular weight excluding hydrogens is 250 g/mol. The van der Waals surface area contributed by atoms with Crippen LogP contribution in [0, 0.1) is 0 Å². The van der Waals surface area contributed by atoms with Gasteiger partial charge < -0.3 is 15.2 Å². The van der Waals surface area contributed by atoms with Gasteiger partial charge in [0.05, 0.1) is 6.10 Å². The van der Waals surface area contributed by atoms with Crippen LogP contribution >= 0.6 is 0 Å². The smallest absolute Gasteiger partial charge is 0.124 e. The number of fused-ring (bicyclic) bond motifs is 1. The molecule has 20 heavy (non-hydrogen) atoms. The van der Waals surface area contributed by atoms with E-state index in [1.165, 1.54) is 11.1 Å². The fourth-order valence-corrected chi connectivity index (χ4v) is 3.47. The number of nitrogens with one attached hydrogen (secondary N) is 1. The molecule has 0 saturated heterocycles. The Balaban J connectivity index is 1.75. The highest BCUT2D eigenvalue weighted by molar-refractivity contribution is 5.45. The molecule has 0 heterocycles. The lowest BCUT2D eigenvalue weighted by atomic mass is 10.1. The van der Waals surface area contributed by atoms with Crippen molar-refractivity contribution in [2.75, 3.05) is 6.54 Å². The fraction of sp³-hybridized carbons (Fsp3) is 0.647. The Hall–Kier alpha value is -1.06. The first kappa shape index (κ1) is 13.9. The van der Waals surface area contributed by atoms with Crippen molar-refractivity contribution in [1.82, 2.24) is 5.32 Å². The molecule has 3 heteroatoms. The van der Waals surface area contributed by atoms with Crippen LogP contribution in [0.25, 0.3) is 0 Å². The van der Waals surface area contributed by atoms with E-state index in [0.717, 1.165) is 50.8 Å². The van der Waals surface area contributed by atoms with Gasteiger partial charge >= 0.3 is 0 Å². The Bertz CT molecular complexity index is 460. The second kappa shape index (κ2) is 6.15. The third-order valence-electron chi connectivity index (χ3n) is 4.56. The van der Waals surface area contributed by atoms with Gasteiger partial charge in [-0.2, -0.15) is 0 Å². The van der Waals surface area contributed by atoms with Crippen LogP contribution in [0.3, 0.4) is 0 Å². The van der Waals surface area contributed by atoms with Crippen LogP contribution in [0.5, 0.6) is 5.75 Å². The number of aliphatic hydroxyl groups excluding tert-OH is 1. The zero-order chi connectivity index (χ0) is 13.9. The van der Waals surface area contributed by atoms with Crippen molar-refractivity contribution in [1.29, 1.82) is 0 Å². The maximum Gasteiger partial charge on any atom is 0.124 e. The van der Waals surface area contributed by atoms with Gasteiger partial charge in [-0.05, 0) is 62.3 Å². The lowest BCUT2D eigenvalue weighted by Gasteiger charge is -2.20. The van der Waals surface area contributed by atoms with Gasteiger partial charge in [0.2, 0.25) is 0 Å². The lowest BCUT2D eigenvalue weighted by molar-refractivity contribution is 0.0598. The van der Waals surface area contributed by atoms with Crippen LogP contribution in [-0.4, -0.2) is 23.9 Å². The van der Waals surface area contributed by atoms with Crippen molar-refractivity contribution in [3.8, 4) is 5.75 Å². The molecule has 3 atom stereocenters. The molecule has 2 N–H and O–H groups in total. The van der Waals surface area contributed by atoms with Crippen molar-refractivity contribution in [3.63, 3.8) is 0 Å². The summed E-state index contributed by atoms with van der Waals surface area (Å²) < 4.78 is 6.11. The van der Waals surface area contributed by atoms with Gasteiger partial charge in [0.15, 0.2) is 0 Å². The third-order valence-corrected chi connectivity index (χ3v) is 4.56. The van der Waals surface area contributed by atoms with Gasteiger partial charge in [-0.3, -0.25) is 0 Å². The van der Waals surface area contributed by atoms with Crippen LogP contribution in [-0.2, 0) is 6.42 Å². The summed E-state index contributed by atoms with van der Waals surface area (Å²) >= 11 is 0. The van der Waals surface area contributed by atoms with Gasteiger partial charge in [0, 0.05) is 6.04 Å². The molecule has 3 rings (SSSR count). The Kier molecular flexibility index (Phi) is 4.27. The molecular formula is C17H25NO2. The zero-order valence-electron chi connectivity index (χ0n) is 12.3. The first-order chi connectivity index (χ1) is 9.79. The van der Waals surface area contributed by atoms with Crippen molar-refractivity contribution in [2.24, 2.45) is 0 Å². The summed E-state index contributed by atoms with van der Waals surface area (Å²) in [4.78, 5) is 0. The van der Waals surface area contributed by atoms with Crippen LogP contribution in [0.2, 0.25) is 0 Å². The molecule has 110 valence electrons. The Labute approximate surface area is 121 Å². The summed E-state index contributed by atoms with van der Waals surface area (Å²) in [5.41, 5.74) is 2.74. The quantitative estimate of drug-likeness (QED) is 0.868. The van der Waals surface area contributed by atoms with Gasteiger partial charge in [-0.15, -0.1) is 0 Å². The van der Waals surface area contributed by atoms with E-state index in [0.29, 0.717) is 6.04 Å². The van der Waals surface area contributed by atoms with Crippen molar-refractivity contribution >= 4 is 0 Å². The third kappa shape index (κ3) is 2.70. The summed E-state index contributed by atoms with van der Waals surface area (Å²) in [6.07, 6.45) is 6.02. The zero-order valence-corrected chi connectivity index (χ0v) is 12.3. The second-order valence-electron chi connectivity index (χ2n) is 6.02. The molecule has 0 aromatic heterocycles. The van der Waals surface area contributed by atoms with Crippen molar-refractivity contribution in [3.05, 3.63) is 29.3 Å². The van der Waals surface area contributed by atoms with E-state index in [2.05, 4.69) is 30.4 Å². The summed E-state index contributed by atoms with van der Waals surface area (Å²) in [7, 11) is 0. The fourth-order valence-electron chi connectivity index (χ4n) is 3.47. The average molecular weight is 275 g/mol. The number of aliphatic hydroxyl groups is 1. The lowest BCUT2D eigenvalue weighted by Crippen LogP contribution is -2.26. The van der Waals surface area contributed by atoms with E-state index >= 15 is 0 Å². The first-order valence-corrected chi connectivity index (χ1v) is 7.99. The summed E-state index contributed by atoms with van der Waals surface area (Å²) in [5, 5.41) is 13.5. The Morgan fingerprint density at radius 1 is 1.30 bits per heavy atom. The normalized spacial score (nSPS) is 28.6. The first-order valence-electron chi connectivity index (χ1n) is 7.99. The number of rotatable bonds is 5. The maximum absolute atomic E-state index is 9.93. The molecule has 2 aliphatic rings. The number of ether oxygens (including phenoxy) is 1. The minimum Gasteiger partial charge on any atom is -0.487 e. The molecule has 2 aliphatic carbocycles. The van der Waals surface area contributed by atoms with E-state index in [4.69, 9.17) is 4.74 Å². The second-order valence-corrected chi connectivity index (χ2v) is 6.02. The van der Waals surface area contributed by atoms with E-state index in [-0.39, 0.29) is 12.2 Å². The molecule has 1 fully saturated rings. The molecule has 1 aromatic rings. The molecule has 0 radical (unpaired) electrons. The molecule has 0 bridgehead atoms. The summed E-state index contributed by atoms with van der Waals surface area (Å²) in [6, 6.07) is 6.84. The van der Waals surface area contributed by atoms with Gasteiger partial charge in [0.25, 0.3) is 0 Å². The minimum atomic E-state index is -0.290. The largest absolute Gasteiger partial charge is 0.487 e. The SMILES string of the molecule is CCCNC1CCc2c(OC3CCCC3O)cccc21. The van der Waals surface area contributed by atoms with Crippen LogP contribution in [0.15, 0.2) is 18.2 Å². The average Bonchev–Trinajstić information content (AvgIpc) is 3.04. The number of hydrogen-bond donors (Lipinski definition) is 2. The highest BCUT2D eigenvalue weighted by atomic mass is 16.5. The summed E-state index contributed by atoms with van der Waals surface area (Å²) in [6.45, 7) is 3.26. The van der Waals surface area contributed by atoms with E-state index in [9.17, 15) is 5.11 Å². The topological polar surface area (TPSA) is 41.5 Å². The molecule has 0 aliphatic heterocycles. The maximum atomic E-state index is 9.93. The van der Waals surface area contributed by atoms with Crippen molar-refractivity contribution < 1.29 is 9.84 Å². The molecule has 3 unspecified atom stereocenters. The monoisotopic (exact) mass is 275 g/mol. The van der Waals surface area contributed by atoms with Gasteiger partial charge in [-0.25, -0.2) is 0 Å². The number of hydrogen-bond acceptors (Lipinski definition) is 3. The van der Waals surface area contributed by atoms with E-state index in [1.807, 2.05) is 0 Å². The molecule has 1 saturated carbocycles. The minimum absolute atomic E-state index is 0.0100. The molecule has 0 amide bonds. The van der Waals surface area contributed by atoms with Crippen LogP contribution in [0.4, 0.5) is 0 Å². The molecule has 3 nitrogen and oxygen atoms in total. The number of benzene rings is 1. The summed E-state index contributed by atoms with van der Waals surface area (Å²) in [5.74, 6) is 0.995. The standard InChI is InChI=1S/C17H25NO2/c1-2-11-18-14-10-9-13-12(14)5-3-7-16(13)20-17-8-4-6-15(17)19/h3,5,7,14-15,17-19H,2,4,6,8-11H2,1H3. The molecule has 1 aromatic carbocycles. The predicted molar refractivity (Wildman–Crippen MR) is 80.1 cm³/mol. The van der Waals surface area contributed by atoms with Crippen molar-refractivity contribution in [2.45, 2.75) is 63.7 Å². The highest BCUT2D eigenvalue weighted by Gasteiger charge is 2.30. The van der Waals surface area contributed by atoms with Crippen LogP contribution < -0.4 is 10.1 Å².